The van der Waals surface area contributed by atoms with E-state index in [1.54, 1.807) is 18.2 Å². The van der Waals surface area contributed by atoms with Gasteiger partial charge in [-0.3, -0.25) is 14.6 Å². The number of nitrogens with one attached hydrogen (secondary N) is 1. The number of rotatable bonds is 6. The minimum atomic E-state index is -0.147. The molecule has 0 bridgehead atoms. The zero-order chi connectivity index (χ0) is 19.9. The second-order valence-electron chi connectivity index (χ2n) is 6.97. The minimum absolute atomic E-state index is 0.147. The van der Waals surface area contributed by atoms with Gasteiger partial charge >= 0.3 is 0 Å². The van der Waals surface area contributed by atoms with E-state index in [1.807, 2.05) is 0 Å². The highest BCUT2D eigenvalue weighted by atomic mass is 35.5. The third kappa shape index (κ3) is 6.04. The number of hydrogen-bond donors (Lipinski definition) is 1. The Hall–Kier alpha value is -1.92. The maximum atomic E-state index is 12.1. The van der Waals surface area contributed by atoms with Crippen LogP contribution in [0.5, 0.6) is 0 Å². The highest BCUT2D eigenvalue weighted by Gasteiger charge is 2.18. The molecule has 3 rings (SSSR count). The van der Waals surface area contributed by atoms with E-state index in [-0.39, 0.29) is 5.91 Å². The van der Waals surface area contributed by atoms with Gasteiger partial charge in [0.1, 0.15) is 0 Å². The zero-order valence-electron chi connectivity index (χ0n) is 15.9. The van der Waals surface area contributed by atoms with Crippen molar-refractivity contribution < 1.29 is 4.79 Å². The van der Waals surface area contributed by atoms with E-state index < -0.39 is 0 Å². The number of halogens is 2. The summed E-state index contributed by atoms with van der Waals surface area (Å²) < 4.78 is 0. The molecule has 1 heterocycles. The Labute approximate surface area is 175 Å². The SMILES string of the molecule is Cc1ccc(CN2CCN(CC(=O)N/N=C\c3c(Cl)cccc3Cl)CC2)cc1. The Morgan fingerprint density at radius 1 is 1.04 bits per heavy atom. The monoisotopic (exact) mass is 418 g/mol. The fraction of sp³-hybridized carbons (Fsp3) is 0.333. The largest absolute Gasteiger partial charge is 0.297 e. The predicted octanol–water partition coefficient (Wildman–Crippen LogP) is 3.57. The summed E-state index contributed by atoms with van der Waals surface area (Å²) in [6.07, 6.45) is 1.47. The maximum absolute atomic E-state index is 12.1. The van der Waals surface area contributed by atoms with Crippen molar-refractivity contribution in [1.82, 2.24) is 15.2 Å². The Morgan fingerprint density at radius 3 is 2.29 bits per heavy atom. The van der Waals surface area contributed by atoms with Crippen LogP contribution in [0.15, 0.2) is 47.6 Å². The number of benzene rings is 2. The van der Waals surface area contributed by atoms with E-state index >= 15 is 0 Å². The molecular weight excluding hydrogens is 395 g/mol. The molecule has 1 aliphatic heterocycles. The summed E-state index contributed by atoms with van der Waals surface area (Å²) >= 11 is 12.2. The van der Waals surface area contributed by atoms with E-state index in [4.69, 9.17) is 23.2 Å². The Morgan fingerprint density at radius 2 is 1.64 bits per heavy atom. The lowest BCUT2D eigenvalue weighted by Crippen LogP contribution is -2.48. The third-order valence-corrected chi connectivity index (χ3v) is 5.40. The van der Waals surface area contributed by atoms with Gasteiger partial charge in [-0.15, -0.1) is 0 Å². The van der Waals surface area contributed by atoms with Crippen molar-refractivity contribution >= 4 is 35.3 Å². The Bertz CT molecular complexity index is 811. The van der Waals surface area contributed by atoms with Gasteiger partial charge in [0.2, 0.25) is 0 Å². The van der Waals surface area contributed by atoms with E-state index in [0.717, 1.165) is 32.7 Å². The van der Waals surface area contributed by atoms with Crippen molar-refractivity contribution in [2.45, 2.75) is 13.5 Å². The first-order valence-electron chi connectivity index (χ1n) is 9.27. The number of nitrogens with zero attached hydrogens (tertiary/aromatic N) is 3. The second kappa shape index (κ2) is 10.0. The topological polar surface area (TPSA) is 47.9 Å². The van der Waals surface area contributed by atoms with Gasteiger partial charge in [0, 0.05) is 38.3 Å². The van der Waals surface area contributed by atoms with Crippen LogP contribution in [0.3, 0.4) is 0 Å². The molecule has 0 aliphatic carbocycles. The quantitative estimate of drug-likeness (QED) is 0.575. The first-order chi connectivity index (χ1) is 13.5. The van der Waals surface area contributed by atoms with Crippen molar-refractivity contribution in [3.63, 3.8) is 0 Å². The summed E-state index contributed by atoms with van der Waals surface area (Å²) in [7, 11) is 0. The number of piperazine rings is 1. The molecule has 0 unspecified atom stereocenters. The van der Waals surface area contributed by atoms with Gasteiger partial charge in [0.25, 0.3) is 5.91 Å². The van der Waals surface area contributed by atoms with Gasteiger partial charge < -0.3 is 0 Å². The molecule has 1 aliphatic rings. The van der Waals surface area contributed by atoms with Crippen LogP contribution >= 0.6 is 23.2 Å². The second-order valence-corrected chi connectivity index (χ2v) is 7.78. The summed E-state index contributed by atoms with van der Waals surface area (Å²) in [6.45, 7) is 6.98. The van der Waals surface area contributed by atoms with Crippen molar-refractivity contribution in [2.24, 2.45) is 5.10 Å². The summed E-state index contributed by atoms with van der Waals surface area (Å²) in [6, 6.07) is 13.9. The van der Waals surface area contributed by atoms with Crippen LogP contribution in [0.4, 0.5) is 0 Å². The van der Waals surface area contributed by atoms with Gasteiger partial charge in [-0.1, -0.05) is 59.1 Å². The van der Waals surface area contributed by atoms with Gasteiger partial charge in [0.05, 0.1) is 22.8 Å². The van der Waals surface area contributed by atoms with Gasteiger partial charge in [-0.25, -0.2) is 5.43 Å². The summed E-state index contributed by atoms with van der Waals surface area (Å²) in [5, 5.41) is 4.97. The molecule has 0 spiro atoms. The van der Waals surface area contributed by atoms with Gasteiger partial charge in [-0.2, -0.15) is 5.10 Å². The van der Waals surface area contributed by atoms with E-state index in [0.29, 0.717) is 22.2 Å². The highest BCUT2D eigenvalue weighted by Crippen LogP contribution is 2.22. The lowest BCUT2D eigenvalue weighted by molar-refractivity contribution is -0.122. The molecule has 1 saturated heterocycles. The lowest BCUT2D eigenvalue weighted by Gasteiger charge is -2.34. The van der Waals surface area contributed by atoms with Crippen molar-refractivity contribution in [3.05, 3.63) is 69.2 Å². The van der Waals surface area contributed by atoms with E-state index in [1.165, 1.54) is 17.3 Å². The number of amides is 1. The normalized spacial score (nSPS) is 15.8. The smallest absolute Gasteiger partial charge is 0.254 e. The molecule has 5 nitrogen and oxygen atoms in total. The molecule has 148 valence electrons. The van der Waals surface area contributed by atoms with Crippen LogP contribution < -0.4 is 5.43 Å². The molecule has 7 heteroatoms. The molecule has 0 saturated carbocycles. The van der Waals surface area contributed by atoms with Crippen molar-refractivity contribution in [1.29, 1.82) is 0 Å². The van der Waals surface area contributed by atoms with E-state index in [2.05, 4.69) is 51.5 Å². The summed E-state index contributed by atoms with van der Waals surface area (Å²) in [5.41, 5.74) is 5.74. The molecule has 0 atom stereocenters. The fourth-order valence-electron chi connectivity index (χ4n) is 3.10. The van der Waals surface area contributed by atoms with Crippen LogP contribution in [0.25, 0.3) is 0 Å². The molecule has 2 aromatic carbocycles. The lowest BCUT2D eigenvalue weighted by atomic mass is 10.1. The fourth-order valence-corrected chi connectivity index (χ4v) is 3.59. The van der Waals surface area contributed by atoms with Crippen LogP contribution in [-0.2, 0) is 11.3 Å². The molecule has 1 fully saturated rings. The van der Waals surface area contributed by atoms with Crippen molar-refractivity contribution in [3.8, 4) is 0 Å². The molecule has 28 heavy (non-hydrogen) atoms. The maximum Gasteiger partial charge on any atom is 0.254 e. The molecule has 2 aromatic rings. The first-order valence-corrected chi connectivity index (χ1v) is 10.0. The van der Waals surface area contributed by atoms with Crippen LogP contribution in [0.2, 0.25) is 10.0 Å². The average Bonchev–Trinajstić information content (AvgIpc) is 2.67. The standard InChI is InChI=1S/C21H24Cl2N4O/c1-16-5-7-17(8-6-16)14-26-9-11-27(12-10-26)15-21(28)25-24-13-18-19(22)3-2-4-20(18)23/h2-8,13H,9-12,14-15H2,1H3,(H,25,28)/b24-13-. The van der Waals surface area contributed by atoms with Crippen molar-refractivity contribution in [2.75, 3.05) is 32.7 Å². The Balaban J connectivity index is 1.41. The van der Waals surface area contributed by atoms with Crippen LogP contribution in [0.1, 0.15) is 16.7 Å². The number of aryl methyl sites for hydroxylation is 1. The highest BCUT2D eigenvalue weighted by molar-refractivity contribution is 6.38. The zero-order valence-corrected chi connectivity index (χ0v) is 17.4. The minimum Gasteiger partial charge on any atom is -0.297 e. The van der Waals surface area contributed by atoms with Gasteiger partial charge in [0.15, 0.2) is 0 Å². The molecule has 0 aromatic heterocycles. The predicted molar refractivity (Wildman–Crippen MR) is 115 cm³/mol. The van der Waals surface area contributed by atoms with E-state index in [9.17, 15) is 4.79 Å². The number of hydrazone groups is 1. The summed E-state index contributed by atoms with van der Waals surface area (Å²) in [5.74, 6) is -0.147. The average molecular weight is 419 g/mol. The number of carbonyl (C=O) groups is 1. The molecule has 1 amide bonds. The Kier molecular flexibility index (Phi) is 7.45. The number of hydrogen-bond acceptors (Lipinski definition) is 4. The first kappa shape index (κ1) is 20.8. The molecule has 1 N–H and O–H groups in total. The molecular formula is C21H24Cl2N4O. The number of carbonyl (C=O) groups excluding carboxylic acids is 1. The van der Waals surface area contributed by atoms with Gasteiger partial charge in [-0.05, 0) is 24.6 Å². The third-order valence-electron chi connectivity index (χ3n) is 4.74. The summed E-state index contributed by atoms with van der Waals surface area (Å²) in [4.78, 5) is 16.7. The van der Waals surface area contributed by atoms with Crippen LogP contribution in [0, 0.1) is 6.92 Å². The van der Waals surface area contributed by atoms with Crippen LogP contribution in [-0.4, -0.2) is 54.6 Å². The molecule has 0 radical (unpaired) electrons.